The molecule has 1 aromatic carbocycles. The van der Waals surface area contributed by atoms with Gasteiger partial charge in [-0.2, -0.15) is 0 Å². The number of unbranched alkanes of at least 4 members (excludes halogenated alkanes) is 1. The second-order valence-electron chi connectivity index (χ2n) is 5.22. The first-order chi connectivity index (χ1) is 10.1. The van der Waals surface area contributed by atoms with Crippen molar-refractivity contribution in [2.24, 2.45) is 5.92 Å². The number of halogens is 1. The Hall–Kier alpha value is -1.62. The molecule has 0 spiro atoms. The van der Waals surface area contributed by atoms with Gasteiger partial charge in [0.25, 0.3) is 0 Å². The van der Waals surface area contributed by atoms with Gasteiger partial charge in [0.2, 0.25) is 5.91 Å². The summed E-state index contributed by atoms with van der Waals surface area (Å²) in [7, 11) is 0. The van der Waals surface area contributed by atoms with Gasteiger partial charge in [-0.1, -0.05) is 33.1 Å². The lowest BCUT2D eigenvalue weighted by atomic mass is 10.0. The number of hydrogen-bond donors (Lipinski definition) is 2. The first-order valence-electron chi connectivity index (χ1n) is 7.49. The van der Waals surface area contributed by atoms with Crippen LogP contribution in [-0.4, -0.2) is 19.1 Å². The Kier molecular flexibility index (Phi) is 7.75. The fourth-order valence-corrected chi connectivity index (χ4v) is 2.03. The second kappa shape index (κ2) is 9.34. The van der Waals surface area contributed by atoms with Gasteiger partial charge in [-0.05, 0) is 30.5 Å². The molecule has 0 bridgehead atoms. The van der Waals surface area contributed by atoms with E-state index in [1.807, 2.05) is 0 Å². The van der Waals surface area contributed by atoms with E-state index in [-0.39, 0.29) is 18.2 Å². The number of ether oxygens (including phenoxy) is 1. The predicted octanol–water partition coefficient (Wildman–Crippen LogP) is 3.58. The highest BCUT2D eigenvalue weighted by Crippen LogP contribution is 2.16. The van der Waals surface area contributed by atoms with Crippen molar-refractivity contribution in [2.45, 2.75) is 39.5 Å². The van der Waals surface area contributed by atoms with E-state index in [4.69, 9.17) is 10.5 Å². The van der Waals surface area contributed by atoms with E-state index in [1.165, 1.54) is 31.0 Å². The summed E-state index contributed by atoms with van der Waals surface area (Å²) in [4.78, 5) is 11.7. The van der Waals surface area contributed by atoms with Crippen LogP contribution in [0.3, 0.4) is 0 Å². The van der Waals surface area contributed by atoms with Gasteiger partial charge in [0.15, 0.2) is 0 Å². The first-order valence-corrected chi connectivity index (χ1v) is 7.49. The highest BCUT2D eigenvalue weighted by Gasteiger charge is 2.09. The molecule has 0 fully saturated rings. The molecule has 0 saturated heterocycles. The Morgan fingerprint density at radius 2 is 2.19 bits per heavy atom. The highest BCUT2D eigenvalue weighted by molar-refractivity contribution is 5.92. The Balaban J connectivity index is 2.31. The van der Waals surface area contributed by atoms with Crippen LogP contribution < -0.4 is 11.1 Å². The summed E-state index contributed by atoms with van der Waals surface area (Å²) in [6.45, 7) is 4.88. The minimum atomic E-state index is -0.494. The van der Waals surface area contributed by atoms with Gasteiger partial charge < -0.3 is 15.8 Å². The fourth-order valence-electron chi connectivity index (χ4n) is 2.03. The van der Waals surface area contributed by atoms with Gasteiger partial charge >= 0.3 is 0 Å². The molecule has 1 amide bonds. The van der Waals surface area contributed by atoms with E-state index in [0.29, 0.717) is 18.2 Å². The van der Waals surface area contributed by atoms with Crippen LogP contribution in [0.15, 0.2) is 18.2 Å². The molecule has 1 aromatic rings. The summed E-state index contributed by atoms with van der Waals surface area (Å²) in [5.74, 6) is -0.253. The highest BCUT2D eigenvalue weighted by atomic mass is 19.1. The van der Waals surface area contributed by atoms with Gasteiger partial charge in [-0.3, -0.25) is 4.79 Å². The molecule has 0 radical (unpaired) electrons. The van der Waals surface area contributed by atoms with Gasteiger partial charge in [0, 0.05) is 5.69 Å². The molecule has 0 saturated carbocycles. The summed E-state index contributed by atoms with van der Waals surface area (Å²) < 4.78 is 18.5. The number of carbonyl (C=O) groups excluding carboxylic acids is 1. The van der Waals surface area contributed by atoms with Gasteiger partial charge in [-0.15, -0.1) is 0 Å². The Bertz CT molecular complexity index is 452. The lowest BCUT2D eigenvalue weighted by Crippen LogP contribution is -2.21. The third-order valence-corrected chi connectivity index (χ3v) is 3.41. The number of hydrogen-bond acceptors (Lipinski definition) is 3. The minimum Gasteiger partial charge on any atom is -0.396 e. The number of nitrogens with two attached hydrogens (primary N) is 1. The normalized spacial score (nSPS) is 12.1. The van der Waals surface area contributed by atoms with Gasteiger partial charge in [0.1, 0.15) is 12.4 Å². The molecule has 0 aliphatic rings. The maximum absolute atomic E-state index is 13.0. The standard InChI is InChI=1S/C16H25FN2O2/c1-3-5-6-12(4-2)10-21-11-16(20)19-13-7-8-14(17)15(18)9-13/h7-9,12H,3-6,10-11,18H2,1-2H3,(H,19,20). The summed E-state index contributed by atoms with van der Waals surface area (Å²) in [5.41, 5.74) is 5.93. The molecule has 0 aliphatic carbocycles. The molecule has 21 heavy (non-hydrogen) atoms. The third-order valence-electron chi connectivity index (χ3n) is 3.41. The van der Waals surface area contributed by atoms with Crippen LogP contribution in [0.25, 0.3) is 0 Å². The Morgan fingerprint density at radius 1 is 1.43 bits per heavy atom. The summed E-state index contributed by atoms with van der Waals surface area (Å²) in [6, 6.07) is 4.09. The van der Waals surface area contributed by atoms with Crippen LogP contribution in [0.2, 0.25) is 0 Å². The van der Waals surface area contributed by atoms with Crippen molar-refractivity contribution >= 4 is 17.3 Å². The fraction of sp³-hybridized carbons (Fsp3) is 0.562. The number of carbonyl (C=O) groups is 1. The monoisotopic (exact) mass is 296 g/mol. The molecule has 0 aromatic heterocycles. The molecule has 1 unspecified atom stereocenters. The van der Waals surface area contributed by atoms with Crippen LogP contribution in [-0.2, 0) is 9.53 Å². The molecule has 118 valence electrons. The quantitative estimate of drug-likeness (QED) is 0.685. The molecule has 3 N–H and O–H groups in total. The number of nitrogens with one attached hydrogen (secondary N) is 1. The predicted molar refractivity (Wildman–Crippen MR) is 83.6 cm³/mol. The number of nitrogen functional groups attached to an aromatic ring is 1. The lowest BCUT2D eigenvalue weighted by Gasteiger charge is -2.14. The number of anilines is 2. The number of amides is 1. The van der Waals surface area contributed by atoms with Crippen molar-refractivity contribution in [3.05, 3.63) is 24.0 Å². The number of benzene rings is 1. The number of rotatable bonds is 9. The molecule has 5 heteroatoms. The third kappa shape index (κ3) is 6.58. The van der Waals surface area contributed by atoms with E-state index >= 15 is 0 Å². The average Bonchev–Trinajstić information content (AvgIpc) is 2.46. The largest absolute Gasteiger partial charge is 0.396 e. The van der Waals surface area contributed by atoms with Gasteiger partial charge in [0.05, 0.1) is 12.3 Å². The van der Waals surface area contributed by atoms with Crippen LogP contribution in [0.4, 0.5) is 15.8 Å². The van der Waals surface area contributed by atoms with E-state index in [1.54, 1.807) is 0 Å². The zero-order valence-electron chi connectivity index (χ0n) is 12.8. The zero-order valence-corrected chi connectivity index (χ0v) is 12.8. The van der Waals surface area contributed by atoms with Gasteiger partial charge in [-0.25, -0.2) is 4.39 Å². The molecule has 1 rings (SSSR count). The summed E-state index contributed by atoms with van der Waals surface area (Å²) in [6.07, 6.45) is 4.53. The molecular weight excluding hydrogens is 271 g/mol. The Labute approximate surface area is 125 Å². The first kappa shape index (κ1) is 17.4. The lowest BCUT2D eigenvalue weighted by molar-refractivity contribution is -0.121. The topological polar surface area (TPSA) is 64.3 Å². The molecule has 0 aliphatic heterocycles. The molecular formula is C16H25FN2O2. The van der Waals surface area contributed by atoms with Crippen LogP contribution in [0.5, 0.6) is 0 Å². The van der Waals surface area contributed by atoms with Crippen molar-refractivity contribution in [3.63, 3.8) is 0 Å². The van der Waals surface area contributed by atoms with Crippen LogP contribution >= 0.6 is 0 Å². The molecule has 1 atom stereocenters. The van der Waals surface area contributed by atoms with E-state index in [9.17, 15) is 9.18 Å². The molecule has 4 nitrogen and oxygen atoms in total. The summed E-state index contributed by atoms with van der Waals surface area (Å²) >= 11 is 0. The maximum atomic E-state index is 13.0. The van der Waals surface area contributed by atoms with Crippen molar-refractivity contribution in [1.29, 1.82) is 0 Å². The van der Waals surface area contributed by atoms with Crippen molar-refractivity contribution in [3.8, 4) is 0 Å². The molecule has 0 heterocycles. The van der Waals surface area contributed by atoms with Crippen molar-refractivity contribution in [2.75, 3.05) is 24.3 Å². The minimum absolute atomic E-state index is 0.0000931. The van der Waals surface area contributed by atoms with E-state index in [0.717, 1.165) is 12.8 Å². The van der Waals surface area contributed by atoms with Crippen LogP contribution in [0.1, 0.15) is 39.5 Å². The van der Waals surface area contributed by atoms with Crippen molar-refractivity contribution < 1.29 is 13.9 Å². The Morgan fingerprint density at radius 3 is 2.81 bits per heavy atom. The van der Waals surface area contributed by atoms with Crippen molar-refractivity contribution in [1.82, 2.24) is 0 Å². The zero-order chi connectivity index (χ0) is 15.7. The smallest absolute Gasteiger partial charge is 0.250 e. The summed E-state index contributed by atoms with van der Waals surface area (Å²) in [5, 5.41) is 2.63. The van der Waals surface area contributed by atoms with Crippen LogP contribution in [0, 0.1) is 11.7 Å². The van der Waals surface area contributed by atoms with E-state index in [2.05, 4.69) is 19.2 Å². The maximum Gasteiger partial charge on any atom is 0.250 e. The second-order valence-corrected chi connectivity index (χ2v) is 5.22. The average molecular weight is 296 g/mol. The SMILES string of the molecule is CCCCC(CC)COCC(=O)Nc1ccc(F)c(N)c1. The van der Waals surface area contributed by atoms with E-state index < -0.39 is 5.82 Å².